The van der Waals surface area contributed by atoms with Gasteiger partial charge in [0.05, 0.1) is 14.5 Å². The van der Waals surface area contributed by atoms with Gasteiger partial charge in [-0.15, -0.1) is 0 Å². The second kappa shape index (κ2) is 6.75. The van der Waals surface area contributed by atoms with Gasteiger partial charge >= 0.3 is 5.97 Å². The van der Waals surface area contributed by atoms with Gasteiger partial charge in [-0.2, -0.15) is 0 Å². The third kappa shape index (κ3) is 3.99. The van der Waals surface area contributed by atoms with E-state index >= 15 is 0 Å². The number of likely N-dealkylation sites (N-methyl/N-ethyl adjacent to an activating group) is 1. The van der Waals surface area contributed by atoms with Crippen molar-refractivity contribution in [3.8, 4) is 5.75 Å². The molecule has 0 radical (unpaired) electrons. The molecule has 0 unspecified atom stereocenters. The van der Waals surface area contributed by atoms with Crippen LogP contribution in [0.5, 0.6) is 5.75 Å². The highest BCUT2D eigenvalue weighted by atomic mass is 79.9. The number of nitrogens with one attached hydrogen (secondary N) is 1. The predicted molar refractivity (Wildman–Crippen MR) is 73.0 cm³/mol. The number of carboxylic acid groups (broad SMARTS) is 1. The predicted octanol–water partition coefficient (Wildman–Crippen LogP) is 2.42. The summed E-state index contributed by atoms with van der Waals surface area (Å²) in [5, 5.41) is 11.5. The van der Waals surface area contributed by atoms with Crippen LogP contribution in [-0.2, 0) is 4.79 Å². The first kappa shape index (κ1) is 15.0. The number of benzene rings is 1. The monoisotopic (exact) mass is 379 g/mol. The van der Waals surface area contributed by atoms with Crippen molar-refractivity contribution in [1.29, 1.82) is 0 Å². The molecule has 0 atom stereocenters. The van der Waals surface area contributed by atoms with Gasteiger partial charge in [-0.3, -0.25) is 4.79 Å². The minimum absolute atomic E-state index is 0.124. The van der Waals surface area contributed by atoms with Gasteiger partial charge in [-0.1, -0.05) is 0 Å². The summed E-state index contributed by atoms with van der Waals surface area (Å²) in [7, 11) is 0. The molecule has 0 bridgehead atoms. The highest BCUT2D eigenvalue weighted by molar-refractivity contribution is 9.11. The SMILES string of the molecule is CCNC(=O)COc1c(Br)cc(C(=O)O)cc1Br. The number of carboxylic acids is 1. The van der Waals surface area contributed by atoms with Crippen LogP contribution in [0.4, 0.5) is 0 Å². The van der Waals surface area contributed by atoms with Crippen molar-refractivity contribution in [3.63, 3.8) is 0 Å². The zero-order chi connectivity index (χ0) is 13.7. The summed E-state index contributed by atoms with van der Waals surface area (Å²) in [6.07, 6.45) is 0. The molecule has 18 heavy (non-hydrogen) atoms. The van der Waals surface area contributed by atoms with Crippen LogP contribution in [0.2, 0.25) is 0 Å². The fourth-order valence-corrected chi connectivity index (χ4v) is 2.62. The molecular weight excluding hydrogens is 370 g/mol. The summed E-state index contributed by atoms with van der Waals surface area (Å²) in [5.41, 5.74) is 0.124. The molecule has 1 aromatic rings. The minimum Gasteiger partial charge on any atom is -0.481 e. The maximum absolute atomic E-state index is 11.3. The molecule has 1 aromatic carbocycles. The van der Waals surface area contributed by atoms with E-state index in [9.17, 15) is 9.59 Å². The first-order valence-corrected chi connectivity index (χ1v) is 6.66. The summed E-state index contributed by atoms with van der Waals surface area (Å²) in [4.78, 5) is 22.1. The van der Waals surface area contributed by atoms with Crippen LogP contribution in [0, 0.1) is 0 Å². The quantitative estimate of drug-likeness (QED) is 0.822. The van der Waals surface area contributed by atoms with Crippen LogP contribution in [0.3, 0.4) is 0 Å². The lowest BCUT2D eigenvalue weighted by Gasteiger charge is -2.10. The molecule has 5 nitrogen and oxygen atoms in total. The highest BCUT2D eigenvalue weighted by Crippen LogP contribution is 2.34. The molecule has 0 aliphatic carbocycles. The molecule has 0 saturated heterocycles. The molecular formula is C11H11Br2NO4. The number of amides is 1. The summed E-state index contributed by atoms with van der Waals surface area (Å²) in [6, 6.07) is 2.83. The molecule has 0 heterocycles. The van der Waals surface area contributed by atoms with E-state index in [1.165, 1.54) is 12.1 Å². The second-order valence-corrected chi connectivity index (χ2v) is 5.03. The lowest BCUT2D eigenvalue weighted by atomic mass is 10.2. The Morgan fingerprint density at radius 3 is 2.33 bits per heavy atom. The fraction of sp³-hybridized carbons (Fsp3) is 0.273. The van der Waals surface area contributed by atoms with Crippen molar-refractivity contribution in [2.24, 2.45) is 0 Å². The summed E-state index contributed by atoms with van der Waals surface area (Å²) in [5.74, 6) is -0.878. The normalized spacial score (nSPS) is 9.94. The Balaban J connectivity index is 2.84. The molecule has 7 heteroatoms. The van der Waals surface area contributed by atoms with Crippen LogP contribution in [0.1, 0.15) is 17.3 Å². The van der Waals surface area contributed by atoms with Crippen molar-refractivity contribution in [2.75, 3.05) is 13.2 Å². The van der Waals surface area contributed by atoms with E-state index in [-0.39, 0.29) is 18.1 Å². The van der Waals surface area contributed by atoms with Gasteiger partial charge in [0, 0.05) is 6.54 Å². The van der Waals surface area contributed by atoms with Gasteiger partial charge < -0.3 is 15.2 Å². The van der Waals surface area contributed by atoms with Crippen LogP contribution >= 0.6 is 31.9 Å². The first-order valence-electron chi connectivity index (χ1n) is 5.07. The smallest absolute Gasteiger partial charge is 0.335 e. The lowest BCUT2D eigenvalue weighted by molar-refractivity contribution is -0.123. The molecule has 2 N–H and O–H groups in total. The molecule has 0 aliphatic rings. The van der Waals surface area contributed by atoms with Crippen molar-refractivity contribution in [1.82, 2.24) is 5.32 Å². The zero-order valence-corrected chi connectivity index (χ0v) is 12.7. The number of hydrogen-bond acceptors (Lipinski definition) is 3. The molecule has 0 aliphatic heterocycles. The Bertz CT molecular complexity index is 453. The van der Waals surface area contributed by atoms with E-state index in [4.69, 9.17) is 9.84 Å². The van der Waals surface area contributed by atoms with Gasteiger partial charge in [0.15, 0.2) is 6.61 Å². The van der Waals surface area contributed by atoms with E-state index in [0.717, 1.165) is 0 Å². The van der Waals surface area contributed by atoms with E-state index in [1.807, 2.05) is 6.92 Å². The molecule has 0 spiro atoms. The van der Waals surface area contributed by atoms with E-state index in [0.29, 0.717) is 21.2 Å². The Labute approximate surface area is 121 Å². The third-order valence-electron chi connectivity index (χ3n) is 1.97. The first-order chi connectivity index (χ1) is 8.45. The van der Waals surface area contributed by atoms with Gasteiger partial charge in [-0.25, -0.2) is 4.79 Å². The maximum Gasteiger partial charge on any atom is 0.335 e. The molecule has 0 fully saturated rings. The van der Waals surface area contributed by atoms with E-state index < -0.39 is 5.97 Å². The van der Waals surface area contributed by atoms with Crippen LogP contribution in [0.25, 0.3) is 0 Å². The molecule has 1 rings (SSSR count). The third-order valence-corrected chi connectivity index (χ3v) is 3.14. The zero-order valence-electron chi connectivity index (χ0n) is 9.50. The Kier molecular flexibility index (Phi) is 5.61. The molecule has 1 amide bonds. The van der Waals surface area contributed by atoms with Gasteiger partial charge in [0.25, 0.3) is 5.91 Å². The topological polar surface area (TPSA) is 75.6 Å². The number of hydrogen-bond donors (Lipinski definition) is 2. The van der Waals surface area contributed by atoms with E-state index in [1.54, 1.807) is 0 Å². The largest absolute Gasteiger partial charge is 0.481 e. The standard InChI is InChI=1S/C11H11Br2NO4/c1-2-14-9(15)5-18-10-7(12)3-6(11(16)17)4-8(10)13/h3-4H,2,5H2,1H3,(H,14,15)(H,16,17). The Morgan fingerprint density at radius 1 is 1.33 bits per heavy atom. The molecule has 98 valence electrons. The average molecular weight is 381 g/mol. The number of halogens is 2. The number of carbonyl (C=O) groups is 2. The van der Waals surface area contributed by atoms with Crippen LogP contribution in [-0.4, -0.2) is 30.1 Å². The van der Waals surface area contributed by atoms with Gasteiger partial charge in [0.1, 0.15) is 5.75 Å². The van der Waals surface area contributed by atoms with Crippen molar-refractivity contribution in [3.05, 3.63) is 26.6 Å². The van der Waals surface area contributed by atoms with Crippen molar-refractivity contribution < 1.29 is 19.4 Å². The minimum atomic E-state index is -1.04. The lowest BCUT2D eigenvalue weighted by Crippen LogP contribution is -2.28. The number of rotatable bonds is 5. The number of carbonyl (C=O) groups excluding carboxylic acids is 1. The van der Waals surface area contributed by atoms with Crippen LogP contribution < -0.4 is 10.1 Å². The fourth-order valence-electron chi connectivity index (χ4n) is 1.21. The number of aromatic carboxylic acids is 1. The maximum atomic E-state index is 11.3. The summed E-state index contributed by atoms with van der Waals surface area (Å²) in [6.45, 7) is 2.21. The average Bonchev–Trinajstić information content (AvgIpc) is 2.27. The van der Waals surface area contributed by atoms with E-state index in [2.05, 4.69) is 37.2 Å². The number of ether oxygens (including phenoxy) is 1. The molecule has 0 aromatic heterocycles. The van der Waals surface area contributed by atoms with Gasteiger partial charge in [-0.05, 0) is 50.9 Å². The second-order valence-electron chi connectivity index (χ2n) is 3.32. The van der Waals surface area contributed by atoms with Gasteiger partial charge in [0.2, 0.25) is 0 Å². The highest BCUT2D eigenvalue weighted by Gasteiger charge is 2.13. The van der Waals surface area contributed by atoms with Crippen molar-refractivity contribution >= 4 is 43.7 Å². The Hall–Kier alpha value is -1.08. The Morgan fingerprint density at radius 2 is 1.89 bits per heavy atom. The van der Waals surface area contributed by atoms with Crippen molar-refractivity contribution in [2.45, 2.75) is 6.92 Å². The summed E-state index contributed by atoms with van der Waals surface area (Å²) >= 11 is 6.41. The molecule has 0 saturated carbocycles. The van der Waals surface area contributed by atoms with Crippen LogP contribution in [0.15, 0.2) is 21.1 Å². The summed E-state index contributed by atoms with van der Waals surface area (Å²) < 4.78 is 6.26.